The van der Waals surface area contributed by atoms with Gasteiger partial charge in [0.1, 0.15) is 11.6 Å². The van der Waals surface area contributed by atoms with Crippen molar-refractivity contribution in [2.75, 3.05) is 0 Å². The molecule has 4 aromatic heterocycles. The molecule has 0 unspecified atom stereocenters. The third kappa shape index (κ3) is 5.37. The highest BCUT2D eigenvalue weighted by Gasteiger charge is 2.35. The lowest BCUT2D eigenvalue weighted by molar-refractivity contribution is 0.660. The Morgan fingerprint density at radius 2 is 0.772 bits per heavy atom. The van der Waals surface area contributed by atoms with Crippen molar-refractivity contribution < 1.29 is 0 Å². The number of pyridine rings is 2. The first-order chi connectivity index (χ1) is 28.0. The molecular weight excluding hydrogens is 693 g/mol. The van der Waals surface area contributed by atoms with Crippen LogP contribution in [0.2, 0.25) is 0 Å². The minimum absolute atomic E-state index is 0.128. The quantitative estimate of drug-likeness (QED) is 0.160. The molecule has 0 fully saturated rings. The van der Waals surface area contributed by atoms with Crippen molar-refractivity contribution in [3.63, 3.8) is 0 Å². The lowest BCUT2D eigenvalue weighted by Gasteiger charge is -2.22. The molecule has 10 aromatic rings. The van der Waals surface area contributed by atoms with Crippen LogP contribution in [0, 0.1) is 0 Å². The first-order valence-electron chi connectivity index (χ1n) is 19.6. The van der Waals surface area contributed by atoms with Gasteiger partial charge in [-0.25, -0.2) is 9.97 Å². The normalized spacial score (nSPS) is 13.4. The lowest BCUT2D eigenvalue weighted by Crippen LogP contribution is -2.15. The average molecular weight is 731 g/mol. The van der Waals surface area contributed by atoms with Gasteiger partial charge in [-0.15, -0.1) is 0 Å². The molecule has 11 rings (SSSR count). The number of rotatable bonds is 6. The molecule has 1 aliphatic carbocycles. The summed E-state index contributed by atoms with van der Waals surface area (Å²) < 4.78 is 4.51. The monoisotopic (exact) mass is 730 g/mol. The number of nitrogens with zero attached hydrogens (tertiary/aromatic N) is 4. The summed E-state index contributed by atoms with van der Waals surface area (Å²) in [6.45, 7) is 4.71. The molecule has 0 saturated carbocycles. The van der Waals surface area contributed by atoms with Crippen LogP contribution in [0.5, 0.6) is 0 Å². The Hall–Kier alpha value is -7.30. The lowest BCUT2D eigenvalue weighted by atomic mass is 9.81. The second-order valence-corrected chi connectivity index (χ2v) is 15.5. The molecule has 0 spiro atoms. The fourth-order valence-electron chi connectivity index (χ4n) is 9.02. The van der Waals surface area contributed by atoms with Crippen LogP contribution in [0.1, 0.15) is 47.2 Å². The van der Waals surface area contributed by atoms with Gasteiger partial charge in [0.05, 0.1) is 22.1 Å². The molecule has 0 N–H and O–H groups in total. The number of benzene rings is 6. The maximum atomic E-state index is 4.67. The molecule has 0 amide bonds. The average Bonchev–Trinajstić information content (AvgIpc) is 3.85. The zero-order valence-corrected chi connectivity index (χ0v) is 31.8. The Labute approximate surface area is 331 Å². The van der Waals surface area contributed by atoms with E-state index in [1.807, 2.05) is 36.7 Å². The molecule has 0 radical (unpaired) electrons. The van der Waals surface area contributed by atoms with Crippen LogP contribution >= 0.6 is 0 Å². The Balaban J connectivity index is 0.883. The molecule has 0 atom stereocenters. The maximum Gasteiger partial charge on any atom is 0.137 e. The van der Waals surface area contributed by atoms with Gasteiger partial charge >= 0.3 is 0 Å². The Bertz CT molecular complexity index is 3030. The predicted molar refractivity (Wildman–Crippen MR) is 239 cm³/mol. The summed E-state index contributed by atoms with van der Waals surface area (Å²) in [5, 5.41) is 4.90. The van der Waals surface area contributed by atoms with Gasteiger partial charge in [0, 0.05) is 39.4 Å². The van der Waals surface area contributed by atoms with Crippen molar-refractivity contribution in [1.29, 1.82) is 0 Å². The highest BCUT2D eigenvalue weighted by Crippen LogP contribution is 2.49. The SMILES string of the molecule is CC1(C)c2cc(/C=C/c3ccc4c(c3)c3ccccc3n4-c3ccccn3)ccc2-c2ccc(/C=C/c3ccc4c(c3)c3ccccc3n4-c3ccccn3)cc21. The number of para-hydroxylation sites is 2. The molecule has 1 aliphatic rings. The third-order valence-corrected chi connectivity index (χ3v) is 11.8. The molecule has 57 heavy (non-hydrogen) atoms. The second-order valence-electron chi connectivity index (χ2n) is 15.5. The van der Waals surface area contributed by atoms with Crippen LogP contribution in [0.3, 0.4) is 0 Å². The standard InChI is InChI=1S/C53H38N4/c1-53(2)45-33-37(19-17-35-23-27-49-43(31-35)41-11-3-5-13-47(41)56(49)51-15-7-9-29-54-51)21-25-39(45)40-26-22-38(34-46(40)53)20-18-36-24-28-50-44(32-36)42-12-4-6-14-48(42)57(50)52-16-8-10-30-55-52/h3-34H,1-2H3/b19-17+,20-18+. The fourth-order valence-corrected chi connectivity index (χ4v) is 9.02. The highest BCUT2D eigenvalue weighted by atomic mass is 15.1. The summed E-state index contributed by atoms with van der Waals surface area (Å²) in [5.41, 5.74) is 14.6. The van der Waals surface area contributed by atoms with Crippen molar-refractivity contribution in [2.45, 2.75) is 19.3 Å². The molecule has 6 aromatic carbocycles. The zero-order chi connectivity index (χ0) is 38.1. The van der Waals surface area contributed by atoms with Gasteiger partial charge < -0.3 is 0 Å². The van der Waals surface area contributed by atoms with Gasteiger partial charge in [-0.1, -0.05) is 135 Å². The summed E-state index contributed by atoms with van der Waals surface area (Å²) in [6.07, 6.45) is 12.7. The van der Waals surface area contributed by atoms with E-state index in [2.05, 4.69) is 191 Å². The minimum Gasteiger partial charge on any atom is -0.294 e. The molecule has 270 valence electrons. The van der Waals surface area contributed by atoms with E-state index in [4.69, 9.17) is 0 Å². The molecule has 0 aliphatic heterocycles. The molecular formula is C53H38N4. The number of hydrogen-bond acceptors (Lipinski definition) is 2. The minimum atomic E-state index is -0.128. The Morgan fingerprint density at radius 3 is 1.21 bits per heavy atom. The maximum absolute atomic E-state index is 4.67. The van der Waals surface area contributed by atoms with Crippen LogP contribution < -0.4 is 0 Å². The van der Waals surface area contributed by atoms with Gasteiger partial charge in [0.25, 0.3) is 0 Å². The molecule has 0 saturated heterocycles. The molecule has 4 heteroatoms. The number of hydrogen-bond donors (Lipinski definition) is 0. The summed E-state index contributed by atoms with van der Waals surface area (Å²) >= 11 is 0. The van der Waals surface area contributed by atoms with Gasteiger partial charge in [0.15, 0.2) is 0 Å². The summed E-state index contributed by atoms with van der Waals surface area (Å²) in [4.78, 5) is 9.34. The zero-order valence-electron chi connectivity index (χ0n) is 31.8. The number of fused-ring (bicyclic) bond motifs is 9. The van der Waals surface area contributed by atoms with E-state index in [0.29, 0.717) is 0 Å². The molecule has 0 bridgehead atoms. The topological polar surface area (TPSA) is 35.6 Å². The van der Waals surface area contributed by atoms with Crippen molar-refractivity contribution in [3.05, 3.63) is 203 Å². The van der Waals surface area contributed by atoms with E-state index in [0.717, 1.165) is 33.7 Å². The van der Waals surface area contributed by atoms with Crippen LogP contribution in [0.4, 0.5) is 0 Å². The first-order valence-corrected chi connectivity index (χ1v) is 19.6. The van der Waals surface area contributed by atoms with Crippen LogP contribution in [-0.2, 0) is 5.41 Å². The van der Waals surface area contributed by atoms with E-state index in [1.54, 1.807) is 0 Å². The van der Waals surface area contributed by atoms with Crippen LogP contribution in [0.15, 0.2) is 170 Å². The summed E-state index contributed by atoms with van der Waals surface area (Å²) in [7, 11) is 0. The summed E-state index contributed by atoms with van der Waals surface area (Å²) in [6, 6.07) is 56.6. The smallest absolute Gasteiger partial charge is 0.137 e. The largest absolute Gasteiger partial charge is 0.294 e. The molecule has 4 heterocycles. The van der Waals surface area contributed by atoms with Crippen molar-refractivity contribution in [3.8, 4) is 22.8 Å². The van der Waals surface area contributed by atoms with Gasteiger partial charge in [-0.05, 0) is 105 Å². The Kier molecular flexibility index (Phi) is 7.48. The fraction of sp³-hybridized carbons (Fsp3) is 0.0566. The Morgan fingerprint density at radius 1 is 0.386 bits per heavy atom. The van der Waals surface area contributed by atoms with Gasteiger partial charge in [-0.2, -0.15) is 0 Å². The van der Waals surface area contributed by atoms with Crippen molar-refractivity contribution >= 4 is 67.9 Å². The predicted octanol–water partition coefficient (Wildman–Crippen LogP) is 13.3. The van der Waals surface area contributed by atoms with E-state index < -0.39 is 0 Å². The van der Waals surface area contributed by atoms with E-state index in [9.17, 15) is 0 Å². The van der Waals surface area contributed by atoms with E-state index >= 15 is 0 Å². The number of aromatic nitrogens is 4. The highest BCUT2D eigenvalue weighted by molar-refractivity contribution is 6.11. The van der Waals surface area contributed by atoms with Crippen molar-refractivity contribution in [2.24, 2.45) is 0 Å². The summed E-state index contributed by atoms with van der Waals surface area (Å²) in [5.74, 6) is 1.85. The van der Waals surface area contributed by atoms with Crippen molar-refractivity contribution in [1.82, 2.24) is 19.1 Å². The van der Waals surface area contributed by atoms with E-state index in [1.165, 1.54) is 66.1 Å². The van der Waals surface area contributed by atoms with Crippen LogP contribution in [-0.4, -0.2) is 19.1 Å². The van der Waals surface area contributed by atoms with E-state index in [-0.39, 0.29) is 5.41 Å². The third-order valence-electron chi connectivity index (χ3n) is 11.8. The van der Waals surface area contributed by atoms with Crippen LogP contribution in [0.25, 0.3) is 90.7 Å². The second kappa shape index (κ2) is 12.9. The molecule has 4 nitrogen and oxygen atoms in total. The first kappa shape index (κ1) is 33.1. The van der Waals surface area contributed by atoms with Gasteiger partial charge in [0.2, 0.25) is 0 Å². The van der Waals surface area contributed by atoms with Gasteiger partial charge in [-0.3, -0.25) is 9.13 Å².